The first-order chi connectivity index (χ1) is 12.2. The summed E-state index contributed by atoms with van der Waals surface area (Å²) in [6.45, 7) is 0. The molecule has 1 heterocycles. The maximum absolute atomic E-state index is 5.35. The van der Waals surface area contributed by atoms with Crippen molar-refractivity contribution >= 4 is 12.2 Å². The third-order valence-corrected chi connectivity index (χ3v) is 3.58. The molecule has 0 saturated carbocycles. The van der Waals surface area contributed by atoms with E-state index >= 15 is 0 Å². The number of rotatable bonds is 6. The van der Waals surface area contributed by atoms with E-state index in [-0.39, 0.29) is 0 Å². The quantitative estimate of drug-likeness (QED) is 0.678. The zero-order valence-corrected chi connectivity index (χ0v) is 14.2. The Morgan fingerprint density at radius 2 is 1.56 bits per heavy atom. The summed E-state index contributed by atoms with van der Waals surface area (Å²) < 4.78 is 21.3. The highest BCUT2D eigenvalue weighted by molar-refractivity contribution is 5.69. The van der Waals surface area contributed by atoms with E-state index < -0.39 is 0 Å². The summed E-state index contributed by atoms with van der Waals surface area (Å²) in [7, 11) is 4.68. The second-order valence-corrected chi connectivity index (χ2v) is 5.11. The highest BCUT2D eigenvalue weighted by Crippen LogP contribution is 2.40. The molecule has 0 bridgehead atoms. The fourth-order valence-corrected chi connectivity index (χ4v) is 2.36. The van der Waals surface area contributed by atoms with Crippen LogP contribution in [0.15, 0.2) is 47.0 Å². The van der Waals surface area contributed by atoms with E-state index in [2.05, 4.69) is 10.1 Å². The van der Waals surface area contributed by atoms with Crippen molar-refractivity contribution in [2.24, 2.45) is 0 Å². The fraction of sp³-hybridized carbons (Fsp3) is 0.158. The van der Waals surface area contributed by atoms with Gasteiger partial charge in [-0.1, -0.05) is 35.5 Å². The van der Waals surface area contributed by atoms with Gasteiger partial charge in [-0.15, -0.1) is 0 Å². The Morgan fingerprint density at radius 1 is 0.880 bits per heavy atom. The minimum absolute atomic E-state index is 0.410. The molecule has 0 unspecified atom stereocenters. The SMILES string of the molecule is COc1cc(-c2noc(/C=C/c3ccccc3)n2)cc(OC)c1OC. The van der Waals surface area contributed by atoms with Crippen LogP contribution in [0.2, 0.25) is 0 Å². The maximum atomic E-state index is 5.35. The van der Waals surface area contributed by atoms with Crippen LogP contribution in [0.3, 0.4) is 0 Å². The number of aromatic nitrogens is 2. The topological polar surface area (TPSA) is 66.6 Å². The van der Waals surface area contributed by atoms with Crippen LogP contribution >= 0.6 is 0 Å². The summed E-state index contributed by atoms with van der Waals surface area (Å²) in [6, 6.07) is 13.4. The van der Waals surface area contributed by atoms with Crippen LogP contribution in [0.25, 0.3) is 23.5 Å². The molecule has 128 valence electrons. The maximum Gasteiger partial charge on any atom is 0.250 e. The van der Waals surface area contributed by atoms with E-state index in [4.69, 9.17) is 18.7 Å². The largest absolute Gasteiger partial charge is 0.493 e. The Hall–Kier alpha value is -3.28. The molecule has 0 aliphatic heterocycles. The molecule has 6 nitrogen and oxygen atoms in total. The summed E-state index contributed by atoms with van der Waals surface area (Å²) in [6.07, 6.45) is 3.68. The van der Waals surface area contributed by atoms with Gasteiger partial charge >= 0.3 is 0 Å². The molecule has 0 N–H and O–H groups in total. The average Bonchev–Trinajstić information content (AvgIpc) is 3.15. The highest BCUT2D eigenvalue weighted by atomic mass is 16.5. The van der Waals surface area contributed by atoms with Crippen molar-refractivity contribution in [1.82, 2.24) is 10.1 Å². The van der Waals surface area contributed by atoms with Gasteiger partial charge in [0.2, 0.25) is 11.6 Å². The predicted octanol–water partition coefficient (Wildman–Crippen LogP) is 3.93. The zero-order valence-electron chi connectivity index (χ0n) is 14.2. The summed E-state index contributed by atoms with van der Waals surface area (Å²) in [5.41, 5.74) is 1.76. The van der Waals surface area contributed by atoms with E-state index in [1.54, 1.807) is 39.5 Å². The van der Waals surface area contributed by atoms with Crippen molar-refractivity contribution in [2.75, 3.05) is 21.3 Å². The van der Waals surface area contributed by atoms with Gasteiger partial charge in [-0.3, -0.25) is 0 Å². The Kier molecular flexibility index (Phi) is 4.99. The Morgan fingerprint density at radius 3 is 2.16 bits per heavy atom. The number of hydrogen-bond acceptors (Lipinski definition) is 6. The van der Waals surface area contributed by atoms with Crippen molar-refractivity contribution in [2.45, 2.75) is 0 Å². The van der Waals surface area contributed by atoms with Crippen LogP contribution in [-0.4, -0.2) is 31.5 Å². The van der Waals surface area contributed by atoms with E-state index in [1.165, 1.54) is 0 Å². The third kappa shape index (κ3) is 3.63. The normalized spacial score (nSPS) is 10.8. The molecule has 3 aromatic rings. The lowest BCUT2D eigenvalue weighted by Gasteiger charge is -2.12. The smallest absolute Gasteiger partial charge is 0.250 e. The average molecular weight is 338 g/mol. The molecule has 6 heteroatoms. The van der Waals surface area contributed by atoms with E-state index in [9.17, 15) is 0 Å². The number of benzene rings is 2. The molecule has 0 amide bonds. The molecule has 0 saturated heterocycles. The monoisotopic (exact) mass is 338 g/mol. The molecule has 0 fully saturated rings. The minimum atomic E-state index is 0.410. The van der Waals surface area contributed by atoms with Gasteiger partial charge in [0, 0.05) is 11.6 Å². The van der Waals surface area contributed by atoms with Crippen molar-refractivity contribution in [3.63, 3.8) is 0 Å². The summed E-state index contributed by atoms with van der Waals surface area (Å²) >= 11 is 0. The molecule has 0 spiro atoms. The van der Waals surface area contributed by atoms with E-state index in [0.29, 0.717) is 34.5 Å². The molecule has 1 aromatic heterocycles. The Bertz CT molecular complexity index is 847. The molecule has 0 radical (unpaired) electrons. The van der Waals surface area contributed by atoms with Gasteiger partial charge in [-0.25, -0.2) is 0 Å². The lowest BCUT2D eigenvalue weighted by molar-refractivity contribution is 0.324. The van der Waals surface area contributed by atoms with Crippen LogP contribution in [0, 0.1) is 0 Å². The van der Waals surface area contributed by atoms with Crippen molar-refractivity contribution in [3.8, 4) is 28.6 Å². The lowest BCUT2D eigenvalue weighted by Crippen LogP contribution is -1.96. The first-order valence-electron chi connectivity index (χ1n) is 7.62. The third-order valence-electron chi connectivity index (χ3n) is 3.58. The van der Waals surface area contributed by atoms with Crippen LogP contribution in [-0.2, 0) is 0 Å². The molecule has 25 heavy (non-hydrogen) atoms. The van der Waals surface area contributed by atoms with Gasteiger partial charge < -0.3 is 18.7 Å². The van der Waals surface area contributed by atoms with Crippen LogP contribution in [0.5, 0.6) is 17.2 Å². The number of hydrogen-bond donors (Lipinski definition) is 0. The standard InChI is InChI=1S/C19H18N2O4/c1-22-15-11-14(12-16(23-2)18(15)24-3)19-20-17(25-21-19)10-9-13-7-5-4-6-8-13/h4-12H,1-3H3/b10-9+. The van der Waals surface area contributed by atoms with Gasteiger partial charge in [0.15, 0.2) is 11.5 Å². The summed E-state index contributed by atoms with van der Waals surface area (Å²) in [5, 5.41) is 4.02. The molecular weight excluding hydrogens is 320 g/mol. The first-order valence-corrected chi connectivity index (χ1v) is 7.62. The first kappa shape index (κ1) is 16.6. The minimum Gasteiger partial charge on any atom is -0.493 e. The van der Waals surface area contributed by atoms with Crippen LogP contribution in [0.4, 0.5) is 0 Å². The molecule has 0 atom stereocenters. The molecule has 2 aromatic carbocycles. The zero-order chi connectivity index (χ0) is 17.6. The Balaban J connectivity index is 1.90. The number of methoxy groups -OCH3 is 3. The number of nitrogens with zero attached hydrogens (tertiary/aromatic N) is 2. The second-order valence-electron chi connectivity index (χ2n) is 5.11. The van der Waals surface area contributed by atoms with Crippen LogP contribution in [0.1, 0.15) is 11.5 Å². The van der Waals surface area contributed by atoms with Gasteiger partial charge in [-0.2, -0.15) is 4.98 Å². The van der Waals surface area contributed by atoms with Gasteiger partial charge in [0.05, 0.1) is 21.3 Å². The predicted molar refractivity (Wildman–Crippen MR) is 94.8 cm³/mol. The van der Waals surface area contributed by atoms with E-state index in [0.717, 1.165) is 5.56 Å². The summed E-state index contributed by atoms with van der Waals surface area (Å²) in [4.78, 5) is 4.39. The van der Waals surface area contributed by atoms with Crippen molar-refractivity contribution in [3.05, 3.63) is 53.9 Å². The van der Waals surface area contributed by atoms with E-state index in [1.807, 2.05) is 36.4 Å². The van der Waals surface area contributed by atoms with Crippen molar-refractivity contribution in [1.29, 1.82) is 0 Å². The fourth-order valence-electron chi connectivity index (χ4n) is 2.36. The van der Waals surface area contributed by atoms with Gasteiger partial charge in [0.1, 0.15) is 0 Å². The van der Waals surface area contributed by atoms with Crippen molar-refractivity contribution < 1.29 is 18.7 Å². The molecule has 0 aliphatic carbocycles. The summed E-state index contributed by atoms with van der Waals surface area (Å²) in [5.74, 6) is 2.42. The molecule has 0 aliphatic rings. The molecular formula is C19H18N2O4. The number of ether oxygens (including phenoxy) is 3. The highest BCUT2D eigenvalue weighted by Gasteiger charge is 2.16. The van der Waals surface area contributed by atoms with Crippen LogP contribution < -0.4 is 14.2 Å². The Labute approximate surface area is 145 Å². The second kappa shape index (κ2) is 7.53. The van der Waals surface area contributed by atoms with Gasteiger partial charge in [-0.05, 0) is 23.8 Å². The molecule has 3 rings (SSSR count). The van der Waals surface area contributed by atoms with Gasteiger partial charge in [0.25, 0.3) is 5.89 Å². The lowest BCUT2D eigenvalue weighted by atomic mass is 10.1.